The van der Waals surface area contributed by atoms with Gasteiger partial charge in [-0.15, -0.1) is 0 Å². The number of hydrogen-bond acceptors (Lipinski definition) is 3. The van der Waals surface area contributed by atoms with Crippen molar-refractivity contribution in [3.8, 4) is 11.3 Å². The van der Waals surface area contributed by atoms with Crippen molar-refractivity contribution in [2.24, 2.45) is 5.92 Å². The first-order valence-corrected chi connectivity index (χ1v) is 10.2. The Labute approximate surface area is 174 Å². The summed E-state index contributed by atoms with van der Waals surface area (Å²) in [6.45, 7) is 1.18. The maximum Gasteiger partial charge on any atom is 0.303 e. The number of nitrogens with zero attached hydrogens (tertiary/aromatic N) is 2. The number of rotatable bonds is 5. The molecule has 1 N–H and O–H groups in total. The number of piperidine rings is 1. The molecule has 1 amide bonds. The second-order valence-corrected chi connectivity index (χ2v) is 7.75. The minimum absolute atomic E-state index is 0.0946. The summed E-state index contributed by atoms with van der Waals surface area (Å²) in [4.78, 5) is 30.6. The zero-order valence-electron chi connectivity index (χ0n) is 16.6. The number of likely N-dealkylation sites (tertiary alicyclic amines) is 1. The molecule has 1 aliphatic rings. The first kappa shape index (κ1) is 20.0. The van der Waals surface area contributed by atoms with Crippen molar-refractivity contribution in [1.82, 2.24) is 9.88 Å². The van der Waals surface area contributed by atoms with Gasteiger partial charge >= 0.3 is 5.97 Å². The van der Waals surface area contributed by atoms with E-state index in [-0.39, 0.29) is 12.3 Å². The summed E-state index contributed by atoms with van der Waals surface area (Å²) in [6, 6.07) is 15.6. The van der Waals surface area contributed by atoms with Gasteiger partial charge in [0.15, 0.2) is 0 Å². The van der Waals surface area contributed by atoms with Crippen LogP contribution in [0.2, 0.25) is 0 Å². The fourth-order valence-corrected chi connectivity index (χ4v) is 4.06. The Kier molecular flexibility index (Phi) is 5.74. The summed E-state index contributed by atoms with van der Waals surface area (Å²) >= 11 is 0. The lowest BCUT2D eigenvalue weighted by molar-refractivity contribution is -0.137. The SMILES string of the molecule is O=C(O)CCC1CCN(C(=O)c2cc(-c3ccccc3)nc3cc(F)ccc23)CC1. The van der Waals surface area contributed by atoms with Gasteiger partial charge in [-0.05, 0) is 43.4 Å². The molecule has 6 heteroatoms. The van der Waals surface area contributed by atoms with Crippen LogP contribution in [0, 0.1) is 11.7 Å². The van der Waals surface area contributed by atoms with E-state index in [9.17, 15) is 14.0 Å². The number of carboxylic acids is 1. The van der Waals surface area contributed by atoms with Crippen molar-refractivity contribution in [2.75, 3.05) is 13.1 Å². The zero-order valence-corrected chi connectivity index (χ0v) is 16.6. The third-order valence-corrected chi connectivity index (χ3v) is 5.74. The summed E-state index contributed by atoms with van der Waals surface area (Å²) in [5.41, 5.74) is 2.47. The molecule has 1 saturated heterocycles. The van der Waals surface area contributed by atoms with Crippen LogP contribution in [0.5, 0.6) is 0 Å². The van der Waals surface area contributed by atoms with Gasteiger partial charge in [-0.25, -0.2) is 9.37 Å². The number of hydrogen-bond donors (Lipinski definition) is 1. The van der Waals surface area contributed by atoms with E-state index < -0.39 is 11.8 Å². The molecular formula is C24H23FN2O3. The van der Waals surface area contributed by atoms with Crippen LogP contribution in [0.25, 0.3) is 22.2 Å². The Morgan fingerprint density at radius 2 is 1.80 bits per heavy atom. The van der Waals surface area contributed by atoms with Crippen LogP contribution < -0.4 is 0 Å². The highest BCUT2D eigenvalue weighted by atomic mass is 19.1. The van der Waals surface area contributed by atoms with E-state index in [0.717, 1.165) is 18.4 Å². The highest BCUT2D eigenvalue weighted by Crippen LogP contribution is 2.28. The summed E-state index contributed by atoms with van der Waals surface area (Å²) in [5.74, 6) is -0.938. The first-order chi connectivity index (χ1) is 14.5. The number of aliphatic carboxylic acids is 1. The van der Waals surface area contributed by atoms with Crippen molar-refractivity contribution < 1.29 is 19.1 Å². The number of benzene rings is 2. The zero-order chi connectivity index (χ0) is 21.1. The molecule has 3 aromatic rings. The quantitative estimate of drug-likeness (QED) is 0.663. The predicted molar refractivity (Wildman–Crippen MR) is 113 cm³/mol. The van der Waals surface area contributed by atoms with Crippen molar-refractivity contribution in [3.05, 3.63) is 66.0 Å². The molecule has 1 fully saturated rings. The van der Waals surface area contributed by atoms with Gasteiger partial charge in [0.2, 0.25) is 0 Å². The minimum Gasteiger partial charge on any atom is -0.481 e. The molecule has 0 saturated carbocycles. The van der Waals surface area contributed by atoms with E-state index in [2.05, 4.69) is 4.98 Å². The van der Waals surface area contributed by atoms with Gasteiger partial charge in [0.05, 0.1) is 16.8 Å². The monoisotopic (exact) mass is 406 g/mol. The number of pyridine rings is 1. The molecule has 1 aromatic heterocycles. The lowest BCUT2D eigenvalue weighted by Gasteiger charge is -2.32. The van der Waals surface area contributed by atoms with Gasteiger partial charge in [0, 0.05) is 36.5 Å². The van der Waals surface area contributed by atoms with Gasteiger partial charge in [0.1, 0.15) is 5.82 Å². The fraction of sp³-hybridized carbons (Fsp3) is 0.292. The van der Waals surface area contributed by atoms with Gasteiger partial charge in [-0.2, -0.15) is 0 Å². The van der Waals surface area contributed by atoms with E-state index in [1.165, 1.54) is 12.1 Å². The Bertz CT molecular complexity index is 1080. The molecule has 30 heavy (non-hydrogen) atoms. The van der Waals surface area contributed by atoms with Crippen LogP contribution in [-0.4, -0.2) is 40.0 Å². The van der Waals surface area contributed by atoms with Gasteiger partial charge in [-0.1, -0.05) is 30.3 Å². The molecule has 0 spiro atoms. The molecule has 1 aliphatic heterocycles. The molecule has 154 valence electrons. The average molecular weight is 406 g/mol. The summed E-state index contributed by atoms with van der Waals surface area (Å²) in [7, 11) is 0. The molecule has 2 aromatic carbocycles. The van der Waals surface area contributed by atoms with E-state index in [1.54, 1.807) is 12.1 Å². The van der Waals surface area contributed by atoms with Crippen LogP contribution in [0.15, 0.2) is 54.6 Å². The second kappa shape index (κ2) is 8.61. The minimum atomic E-state index is -0.780. The Balaban J connectivity index is 1.63. The molecule has 0 bridgehead atoms. The van der Waals surface area contributed by atoms with E-state index in [0.29, 0.717) is 47.6 Å². The van der Waals surface area contributed by atoms with Crippen molar-refractivity contribution >= 4 is 22.8 Å². The van der Waals surface area contributed by atoms with Gasteiger partial charge in [-0.3, -0.25) is 9.59 Å². The number of amides is 1. The van der Waals surface area contributed by atoms with E-state index in [4.69, 9.17) is 5.11 Å². The molecule has 0 unspecified atom stereocenters. The van der Waals surface area contributed by atoms with E-state index in [1.807, 2.05) is 35.2 Å². The van der Waals surface area contributed by atoms with Crippen molar-refractivity contribution in [2.45, 2.75) is 25.7 Å². The average Bonchev–Trinajstić information content (AvgIpc) is 2.77. The molecular weight excluding hydrogens is 383 g/mol. The van der Waals surface area contributed by atoms with Crippen molar-refractivity contribution in [1.29, 1.82) is 0 Å². The standard InChI is InChI=1S/C24H23FN2O3/c25-18-7-8-19-20(15-21(26-22(19)14-18)17-4-2-1-3-5-17)24(30)27-12-10-16(11-13-27)6-9-23(28)29/h1-5,7-8,14-16H,6,9-13H2,(H,28,29). The number of fused-ring (bicyclic) bond motifs is 1. The Morgan fingerprint density at radius 1 is 1.07 bits per heavy atom. The number of carbonyl (C=O) groups excluding carboxylic acids is 1. The molecule has 2 heterocycles. The lowest BCUT2D eigenvalue weighted by Crippen LogP contribution is -2.38. The van der Waals surface area contributed by atoms with Crippen LogP contribution in [0.1, 0.15) is 36.0 Å². The first-order valence-electron chi connectivity index (χ1n) is 10.2. The van der Waals surface area contributed by atoms with Crippen LogP contribution in [0.3, 0.4) is 0 Å². The van der Waals surface area contributed by atoms with Crippen molar-refractivity contribution in [3.63, 3.8) is 0 Å². The third-order valence-electron chi connectivity index (χ3n) is 5.74. The normalized spacial score (nSPS) is 14.8. The Hall–Kier alpha value is -3.28. The number of carbonyl (C=O) groups is 2. The number of aromatic nitrogens is 1. The third kappa shape index (κ3) is 4.32. The fourth-order valence-electron chi connectivity index (χ4n) is 4.06. The second-order valence-electron chi connectivity index (χ2n) is 7.75. The molecule has 0 radical (unpaired) electrons. The number of carboxylic acid groups (broad SMARTS) is 1. The largest absolute Gasteiger partial charge is 0.481 e. The lowest BCUT2D eigenvalue weighted by atomic mass is 9.91. The Morgan fingerprint density at radius 3 is 2.50 bits per heavy atom. The molecule has 0 atom stereocenters. The molecule has 4 rings (SSSR count). The van der Waals surface area contributed by atoms with Crippen LogP contribution in [-0.2, 0) is 4.79 Å². The molecule has 0 aliphatic carbocycles. The highest BCUT2D eigenvalue weighted by Gasteiger charge is 2.26. The smallest absolute Gasteiger partial charge is 0.303 e. The summed E-state index contributed by atoms with van der Waals surface area (Å²) in [6.07, 6.45) is 2.40. The van der Waals surface area contributed by atoms with E-state index >= 15 is 0 Å². The number of halogens is 1. The highest BCUT2D eigenvalue weighted by molar-refractivity contribution is 6.07. The molecule has 5 nitrogen and oxygen atoms in total. The summed E-state index contributed by atoms with van der Waals surface area (Å²) < 4.78 is 13.9. The maximum atomic E-state index is 13.9. The predicted octanol–water partition coefficient (Wildman–Crippen LogP) is 4.76. The van der Waals surface area contributed by atoms with Gasteiger partial charge < -0.3 is 10.0 Å². The topological polar surface area (TPSA) is 70.5 Å². The van der Waals surface area contributed by atoms with Crippen LogP contribution in [0.4, 0.5) is 4.39 Å². The van der Waals surface area contributed by atoms with Gasteiger partial charge in [0.25, 0.3) is 5.91 Å². The summed E-state index contributed by atoms with van der Waals surface area (Å²) in [5, 5.41) is 9.51. The maximum absolute atomic E-state index is 13.9. The van der Waals surface area contributed by atoms with Crippen LogP contribution >= 0.6 is 0 Å².